The van der Waals surface area contributed by atoms with Crippen molar-refractivity contribution in [2.24, 2.45) is 5.92 Å². The van der Waals surface area contributed by atoms with Gasteiger partial charge in [0.25, 0.3) is 0 Å². The Bertz CT molecular complexity index is 989. The SMILES string of the molecule is CCc1cccc(CC)c1-c1cc(C)c(CN(CCc2ccccc2)CC2CC2)c(C)n1. The van der Waals surface area contributed by atoms with E-state index in [-0.39, 0.29) is 0 Å². The lowest BCUT2D eigenvalue weighted by molar-refractivity contribution is 0.256. The Kier molecular flexibility index (Phi) is 7.42. The molecule has 168 valence electrons. The van der Waals surface area contributed by atoms with Gasteiger partial charge in [-0.05, 0) is 85.8 Å². The summed E-state index contributed by atoms with van der Waals surface area (Å²) in [7, 11) is 0. The first kappa shape index (κ1) is 22.7. The first-order chi connectivity index (χ1) is 15.6. The third kappa shape index (κ3) is 5.48. The Hall–Kier alpha value is -2.45. The van der Waals surface area contributed by atoms with Crippen molar-refractivity contribution in [1.82, 2.24) is 9.88 Å². The van der Waals surface area contributed by atoms with E-state index in [1.807, 2.05) is 0 Å². The third-order valence-corrected chi connectivity index (χ3v) is 6.96. The van der Waals surface area contributed by atoms with E-state index in [1.165, 1.54) is 58.5 Å². The van der Waals surface area contributed by atoms with E-state index in [9.17, 15) is 0 Å². The zero-order valence-electron chi connectivity index (χ0n) is 20.3. The Morgan fingerprint density at radius 3 is 2.19 bits per heavy atom. The maximum Gasteiger partial charge on any atom is 0.0713 e. The molecule has 2 aromatic carbocycles. The summed E-state index contributed by atoms with van der Waals surface area (Å²) in [6, 6.07) is 19.9. The summed E-state index contributed by atoms with van der Waals surface area (Å²) in [5, 5.41) is 0. The third-order valence-electron chi connectivity index (χ3n) is 6.96. The minimum absolute atomic E-state index is 0.891. The molecule has 1 fully saturated rings. The first-order valence-electron chi connectivity index (χ1n) is 12.4. The minimum atomic E-state index is 0.891. The van der Waals surface area contributed by atoms with Crippen LogP contribution < -0.4 is 0 Å². The molecule has 0 atom stereocenters. The van der Waals surface area contributed by atoms with Crippen LogP contribution in [0.3, 0.4) is 0 Å². The van der Waals surface area contributed by atoms with Gasteiger partial charge in [0.1, 0.15) is 0 Å². The molecule has 1 aliphatic rings. The maximum absolute atomic E-state index is 5.16. The fourth-order valence-corrected chi connectivity index (χ4v) is 4.85. The molecular formula is C30H38N2. The molecule has 3 aromatic rings. The van der Waals surface area contributed by atoms with Crippen molar-refractivity contribution >= 4 is 0 Å². The van der Waals surface area contributed by atoms with E-state index in [1.54, 1.807) is 0 Å². The van der Waals surface area contributed by atoms with Crippen LogP contribution in [0.25, 0.3) is 11.3 Å². The second kappa shape index (κ2) is 10.4. The molecule has 4 rings (SSSR count). The first-order valence-corrected chi connectivity index (χ1v) is 12.4. The van der Waals surface area contributed by atoms with Crippen molar-refractivity contribution in [3.05, 3.63) is 88.1 Å². The van der Waals surface area contributed by atoms with Gasteiger partial charge in [-0.1, -0.05) is 62.4 Å². The lowest BCUT2D eigenvalue weighted by atomic mass is 9.93. The normalized spacial score (nSPS) is 13.7. The summed E-state index contributed by atoms with van der Waals surface area (Å²) in [4.78, 5) is 7.83. The van der Waals surface area contributed by atoms with Gasteiger partial charge in [-0.3, -0.25) is 9.88 Å². The predicted octanol–water partition coefficient (Wildman–Crippen LogP) is 6.94. The average molecular weight is 427 g/mol. The molecule has 0 saturated heterocycles. The molecule has 0 amide bonds. The number of pyridine rings is 1. The highest BCUT2D eigenvalue weighted by molar-refractivity contribution is 5.69. The van der Waals surface area contributed by atoms with Crippen LogP contribution in [0.15, 0.2) is 54.6 Å². The van der Waals surface area contributed by atoms with Gasteiger partial charge in [-0.2, -0.15) is 0 Å². The Morgan fingerprint density at radius 1 is 0.906 bits per heavy atom. The van der Waals surface area contributed by atoms with Crippen LogP contribution in [0.2, 0.25) is 0 Å². The Labute approximate surface area is 194 Å². The molecule has 0 N–H and O–H groups in total. The van der Waals surface area contributed by atoms with E-state index in [0.717, 1.165) is 44.0 Å². The van der Waals surface area contributed by atoms with Crippen molar-refractivity contribution in [3.63, 3.8) is 0 Å². The molecule has 0 aliphatic heterocycles. The molecule has 1 saturated carbocycles. The highest BCUT2D eigenvalue weighted by atomic mass is 15.1. The summed E-state index contributed by atoms with van der Waals surface area (Å²) in [6.45, 7) is 12.3. The van der Waals surface area contributed by atoms with Gasteiger partial charge in [0.05, 0.1) is 5.69 Å². The van der Waals surface area contributed by atoms with E-state index >= 15 is 0 Å². The lowest BCUT2D eigenvalue weighted by Crippen LogP contribution is -2.29. The summed E-state index contributed by atoms with van der Waals surface area (Å²) < 4.78 is 0. The number of aryl methyl sites for hydroxylation is 4. The monoisotopic (exact) mass is 426 g/mol. The number of hydrogen-bond acceptors (Lipinski definition) is 2. The van der Waals surface area contributed by atoms with E-state index in [4.69, 9.17) is 4.98 Å². The predicted molar refractivity (Wildman–Crippen MR) is 136 cm³/mol. The average Bonchev–Trinajstić information content (AvgIpc) is 3.63. The van der Waals surface area contributed by atoms with Crippen LogP contribution >= 0.6 is 0 Å². The van der Waals surface area contributed by atoms with Crippen molar-refractivity contribution in [2.45, 2.75) is 66.3 Å². The van der Waals surface area contributed by atoms with E-state index in [2.05, 4.69) is 87.2 Å². The van der Waals surface area contributed by atoms with Crippen LogP contribution in [0.5, 0.6) is 0 Å². The Balaban J connectivity index is 1.58. The molecular weight excluding hydrogens is 388 g/mol. The van der Waals surface area contributed by atoms with Gasteiger partial charge in [-0.15, -0.1) is 0 Å². The van der Waals surface area contributed by atoms with Crippen molar-refractivity contribution in [2.75, 3.05) is 13.1 Å². The molecule has 1 aromatic heterocycles. The zero-order valence-corrected chi connectivity index (χ0v) is 20.3. The quantitative estimate of drug-likeness (QED) is 0.349. The molecule has 0 unspecified atom stereocenters. The molecule has 0 radical (unpaired) electrons. The van der Waals surface area contributed by atoms with Crippen LogP contribution in [0.1, 0.15) is 60.2 Å². The van der Waals surface area contributed by atoms with E-state index in [0.29, 0.717) is 0 Å². The molecule has 2 heteroatoms. The van der Waals surface area contributed by atoms with Crippen molar-refractivity contribution in [1.29, 1.82) is 0 Å². The zero-order chi connectivity index (χ0) is 22.5. The maximum atomic E-state index is 5.16. The number of nitrogens with zero attached hydrogens (tertiary/aromatic N) is 2. The summed E-state index contributed by atoms with van der Waals surface area (Å²) in [5.41, 5.74) is 10.7. The van der Waals surface area contributed by atoms with Crippen LogP contribution in [-0.4, -0.2) is 23.0 Å². The van der Waals surface area contributed by atoms with Crippen molar-refractivity contribution < 1.29 is 0 Å². The summed E-state index contributed by atoms with van der Waals surface area (Å²) >= 11 is 0. The highest BCUT2D eigenvalue weighted by Gasteiger charge is 2.25. The standard InChI is InChI=1S/C30H38N2/c1-5-26-13-10-14-27(6-2)30(26)29-19-22(3)28(23(4)31-29)21-32(20-25-15-16-25)18-17-24-11-8-7-9-12-24/h7-14,19,25H,5-6,15-18,20-21H2,1-4H3. The minimum Gasteiger partial charge on any atom is -0.298 e. The molecule has 1 aliphatic carbocycles. The molecule has 2 nitrogen and oxygen atoms in total. The molecule has 32 heavy (non-hydrogen) atoms. The van der Waals surface area contributed by atoms with Crippen LogP contribution in [0.4, 0.5) is 0 Å². The van der Waals surface area contributed by atoms with Crippen molar-refractivity contribution in [3.8, 4) is 11.3 Å². The van der Waals surface area contributed by atoms with Gasteiger partial charge < -0.3 is 0 Å². The van der Waals surface area contributed by atoms with Gasteiger partial charge in [0.2, 0.25) is 0 Å². The van der Waals surface area contributed by atoms with Gasteiger partial charge in [0.15, 0.2) is 0 Å². The molecule has 0 spiro atoms. The van der Waals surface area contributed by atoms with Crippen LogP contribution in [0, 0.1) is 19.8 Å². The summed E-state index contributed by atoms with van der Waals surface area (Å²) in [6.07, 6.45) is 5.98. The number of benzene rings is 2. The fourth-order valence-electron chi connectivity index (χ4n) is 4.85. The second-order valence-electron chi connectivity index (χ2n) is 9.46. The number of aromatic nitrogens is 1. The smallest absolute Gasteiger partial charge is 0.0713 e. The largest absolute Gasteiger partial charge is 0.298 e. The molecule has 0 bridgehead atoms. The molecule has 1 heterocycles. The highest BCUT2D eigenvalue weighted by Crippen LogP contribution is 2.32. The van der Waals surface area contributed by atoms with E-state index < -0.39 is 0 Å². The second-order valence-corrected chi connectivity index (χ2v) is 9.46. The summed E-state index contributed by atoms with van der Waals surface area (Å²) in [5.74, 6) is 0.891. The van der Waals surface area contributed by atoms with Gasteiger partial charge in [0, 0.05) is 30.9 Å². The number of rotatable bonds is 10. The number of hydrogen-bond donors (Lipinski definition) is 0. The lowest BCUT2D eigenvalue weighted by Gasteiger charge is -2.25. The van der Waals surface area contributed by atoms with Gasteiger partial charge in [-0.25, -0.2) is 0 Å². The van der Waals surface area contributed by atoms with Crippen LogP contribution in [-0.2, 0) is 25.8 Å². The topological polar surface area (TPSA) is 16.1 Å². The van der Waals surface area contributed by atoms with Gasteiger partial charge >= 0.3 is 0 Å². The Morgan fingerprint density at radius 2 is 1.59 bits per heavy atom. The fraction of sp³-hybridized carbons (Fsp3) is 0.433.